The Bertz CT molecular complexity index is 1040. The fourth-order valence-corrected chi connectivity index (χ4v) is 3.19. The number of benzene rings is 2. The number of phenols is 1. The van der Waals surface area contributed by atoms with E-state index in [0.29, 0.717) is 17.0 Å². The molecule has 1 aromatic heterocycles. The van der Waals surface area contributed by atoms with E-state index in [1.54, 1.807) is 12.1 Å². The largest absolute Gasteiger partial charge is 0.508 e. The topological polar surface area (TPSA) is 83.3 Å². The van der Waals surface area contributed by atoms with Crippen molar-refractivity contribution in [3.8, 4) is 17.1 Å². The molecule has 2 aromatic carbocycles. The third-order valence-corrected chi connectivity index (χ3v) is 4.76. The van der Waals surface area contributed by atoms with Crippen LogP contribution in [0.5, 0.6) is 5.75 Å². The number of aromatic nitrogens is 2. The SMILES string of the molecule is O=C(O)c1cc(C2CC2)ccc1Cc1cnc(-c2c(F)cc(O)cc2F)nc1. The summed E-state index contributed by atoms with van der Waals surface area (Å²) in [7, 11) is 0. The summed E-state index contributed by atoms with van der Waals surface area (Å²) < 4.78 is 27.9. The highest BCUT2D eigenvalue weighted by molar-refractivity contribution is 5.89. The van der Waals surface area contributed by atoms with Gasteiger partial charge < -0.3 is 10.2 Å². The Hall–Kier alpha value is -3.35. The fraction of sp³-hybridized carbons (Fsp3) is 0.190. The molecule has 1 fully saturated rings. The number of carbonyl (C=O) groups is 1. The number of phenolic OH excluding ortho intramolecular Hbond substituents is 1. The molecule has 0 aliphatic heterocycles. The number of aromatic hydroxyl groups is 1. The number of rotatable bonds is 5. The summed E-state index contributed by atoms with van der Waals surface area (Å²) >= 11 is 0. The molecule has 0 atom stereocenters. The highest BCUT2D eigenvalue weighted by atomic mass is 19.1. The van der Waals surface area contributed by atoms with Crippen LogP contribution >= 0.6 is 0 Å². The van der Waals surface area contributed by atoms with Gasteiger partial charge in [0, 0.05) is 30.9 Å². The van der Waals surface area contributed by atoms with Crippen LogP contribution in [0.2, 0.25) is 0 Å². The van der Waals surface area contributed by atoms with Crippen LogP contribution in [0.3, 0.4) is 0 Å². The van der Waals surface area contributed by atoms with E-state index in [2.05, 4.69) is 9.97 Å². The quantitative estimate of drug-likeness (QED) is 0.688. The Morgan fingerprint density at radius 3 is 2.29 bits per heavy atom. The highest BCUT2D eigenvalue weighted by Gasteiger charge is 2.25. The second kappa shape index (κ2) is 6.99. The summed E-state index contributed by atoms with van der Waals surface area (Å²) in [5.41, 5.74) is 2.08. The Labute approximate surface area is 159 Å². The summed E-state index contributed by atoms with van der Waals surface area (Å²) in [5.74, 6) is -3.15. The predicted octanol–water partition coefficient (Wildman–Crippen LogP) is 4.29. The van der Waals surface area contributed by atoms with Gasteiger partial charge in [-0.2, -0.15) is 0 Å². The normalized spacial score (nSPS) is 13.5. The van der Waals surface area contributed by atoms with Crippen molar-refractivity contribution in [1.29, 1.82) is 0 Å². The van der Waals surface area contributed by atoms with Crippen LogP contribution in [-0.4, -0.2) is 26.2 Å². The molecule has 0 spiro atoms. The highest BCUT2D eigenvalue weighted by Crippen LogP contribution is 2.40. The number of halogens is 2. The number of aromatic carboxylic acids is 1. The van der Waals surface area contributed by atoms with Gasteiger partial charge in [0.2, 0.25) is 0 Å². The molecule has 0 radical (unpaired) electrons. The summed E-state index contributed by atoms with van der Waals surface area (Å²) in [6.07, 6.45) is 5.27. The van der Waals surface area contributed by atoms with E-state index in [0.717, 1.165) is 30.5 Å². The molecule has 1 saturated carbocycles. The number of hydrogen-bond donors (Lipinski definition) is 2. The van der Waals surface area contributed by atoms with Crippen LogP contribution in [-0.2, 0) is 6.42 Å². The van der Waals surface area contributed by atoms with Gasteiger partial charge in [0.15, 0.2) is 5.82 Å². The van der Waals surface area contributed by atoms with Gasteiger partial charge in [0.1, 0.15) is 17.4 Å². The number of hydrogen-bond acceptors (Lipinski definition) is 4. The van der Waals surface area contributed by atoms with E-state index in [1.165, 1.54) is 12.4 Å². The molecule has 1 aliphatic rings. The maximum absolute atomic E-state index is 13.9. The second-order valence-corrected chi connectivity index (χ2v) is 6.87. The van der Waals surface area contributed by atoms with E-state index in [9.17, 15) is 23.8 Å². The van der Waals surface area contributed by atoms with E-state index < -0.39 is 28.9 Å². The predicted molar refractivity (Wildman–Crippen MR) is 97.2 cm³/mol. The van der Waals surface area contributed by atoms with E-state index in [1.807, 2.05) is 6.07 Å². The lowest BCUT2D eigenvalue weighted by Gasteiger charge is -2.09. The number of carboxylic acid groups (broad SMARTS) is 1. The van der Waals surface area contributed by atoms with Gasteiger partial charge in [-0.15, -0.1) is 0 Å². The third-order valence-electron chi connectivity index (χ3n) is 4.76. The maximum Gasteiger partial charge on any atom is 0.335 e. The lowest BCUT2D eigenvalue weighted by molar-refractivity contribution is 0.0695. The fourth-order valence-electron chi connectivity index (χ4n) is 3.19. The molecule has 5 nitrogen and oxygen atoms in total. The minimum atomic E-state index is -0.997. The molecule has 4 rings (SSSR count). The number of carboxylic acids is 1. The van der Waals surface area contributed by atoms with Gasteiger partial charge in [-0.1, -0.05) is 12.1 Å². The summed E-state index contributed by atoms with van der Waals surface area (Å²) in [5, 5.41) is 18.7. The van der Waals surface area contributed by atoms with Crippen molar-refractivity contribution in [2.75, 3.05) is 0 Å². The zero-order chi connectivity index (χ0) is 19.8. The van der Waals surface area contributed by atoms with Crippen LogP contribution in [0, 0.1) is 11.6 Å². The molecule has 7 heteroatoms. The van der Waals surface area contributed by atoms with E-state index in [-0.39, 0.29) is 17.8 Å². The standard InChI is InChI=1S/C21H16F2N2O3/c22-17-7-15(26)8-18(23)19(17)20-24-9-11(10-25-20)5-14-4-3-13(12-1-2-12)6-16(14)21(27)28/h3-4,6-10,12,26H,1-2,5H2,(H,27,28). The van der Waals surface area contributed by atoms with Crippen LogP contribution in [0.1, 0.15) is 45.8 Å². The summed E-state index contributed by atoms with van der Waals surface area (Å²) in [6.45, 7) is 0. The lowest BCUT2D eigenvalue weighted by atomic mass is 9.97. The minimum Gasteiger partial charge on any atom is -0.508 e. The van der Waals surface area contributed by atoms with Gasteiger partial charge in [0.05, 0.1) is 11.1 Å². The molecule has 0 bridgehead atoms. The average Bonchev–Trinajstić information content (AvgIpc) is 3.47. The van der Waals surface area contributed by atoms with Crippen LogP contribution < -0.4 is 0 Å². The first-order valence-electron chi connectivity index (χ1n) is 8.78. The van der Waals surface area contributed by atoms with E-state index in [4.69, 9.17) is 0 Å². The molecule has 1 aliphatic carbocycles. The van der Waals surface area contributed by atoms with Crippen molar-refractivity contribution in [2.45, 2.75) is 25.2 Å². The molecular weight excluding hydrogens is 366 g/mol. The minimum absolute atomic E-state index is 0.152. The molecular formula is C21H16F2N2O3. The third kappa shape index (κ3) is 3.55. The van der Waals surface area contributed by atoms with Gasteiger partial charge in [-0.05, 0) is 41.5 Å². The van der Waals surface area contributed by atoms with Gasteiger partial charge in [-0.3, -0.25) is 0 Å². The average molecular weight is 382 g/mol. The van der Waals surface area contributed by atoms with Crippen LogP contribution in [0.4, 0.5) is 8.78 Å². The molecule has 142 valence electrons. The van der Waals surface area contributed by atoms with Crippen molar-refractivity contribution in [2.24, 2.45) is 0 Å². The summed E-state index contributed by atoms with van der Waals surface area (Å²) in [4.78, 5) is 19.6. The maximum atomic E-state index is 13.9. The monoisotopic (exact) mass is 382 g/mol. The second-order valence-electron chi connectivity index (χ2n) is 6.87. The first-order valence-corrected chi connectivity index (χ1v) is 8.78. The lowest BCUT2D eigenvalue weighted by Crippen LogP contribution is -2.05. The Kier molecular flexibility index (Phi) is 4.50. The van der Waals surface area contributed by atoms with Crippen molar-refractivity contribution < 1.29 is 23.8 Å². The van der Waals surface area contributed by atoms with Crippen molar-refractivity contribution in [3.63, 3.8) is 0 Å². The molecule has 1 heterocycles. The Morgan fingerprint density at radius 2 is 1.71 bits per heavy atom. The molecule has 3 aromatic rings. The molecule has 28 heavy (non-hydrogen) atoms. The molecule has 0 unspecified atom stereocenters. The van der Waals surface area contributed by atoms with Crippen LogP contribution in [0.15, 0.2) is 42.7 Å². The number of nitrogens with zero attached hydrogens (tertiary/aromatic N) is 2. The van der Waals surface area contributed by atoms with Crippen LogP contribution in [0.25, 0.3) is 11.4 Å². The Balaban J connectivity index is 1.61. The van der Waals surface area contributed by atoms with Crippen molar-refractivity contribution in [3.05, 3.63) is 76.6 Å². The van der Waals surface area contributed by atoms with E-state index >= 15 is 0 Å². The zero-order valence-electron chi connectivity index (χ0n) is 14.7. The first-order chi connectivity index (χ1) is 13.4. The smallest absolute Gasteiger partial charge is 0.335 e. The summed E-state index contributed by atoms with van der Waals surface area (Å²) in [6, 6.07) is 7.03. The van der Waals surface area contributed by atoms with Gasteiger partial charge in [-0.25, -0.2) is 23.5 Å². The molecule has 0 saturated heterocycles. The zero-order valence-corrected chi connectivity index (χ0v) is 14.7. The van der Waals surface area contributed by atoms with Crippen molar-refractivity contribution >= 4 is 5.97 Å². The Morgan fingerprint density at radius 1 is 1.07 bits per heavy atom. The van der Waals surface area contributed by atoms with Crippen molar-refractivity contribution in [1.82, 2.24) is 9.97 Å². The molecule has 2 N–H and O–H groups in total. The molecule has 0 amide bonds. The first kappa shape index (κ1) is 18.0. The van der Waals surface area contributed by atoms with Gasteiger partial charge >= 0.3 is 5.97 Å². The van der Waals surface area contributed by atoms with Gasteiger partial charge in [0.25, 0.3) is 0 Å².